The van der Waals surface area contributed by atoms with E-state index in [4.69, 9.17) is 0 Å². The topological polar surface area (TPSA) is 0 Å². The highest BCUT2D eigenvalue weighted by Gasteiger charge is 2.16. The summed E-state index contributed by atoms with van der Waals surface area (Å²) in [6.45, 7) is 2.26. The normalized spacial score (nSPS) is 20.6. The summed E-state index contributed by atoms with van der Waals surface area (Å²) in [7, 11) is 0. The Kier molecular flexibility index (Phi) is 3.13. The highest BCUT2D eigenvalue weighted by Crippen LogP contribution is 2.41. The van der Waals surface area contributed by atoms with Crippen LogP contribution in [0.5, 0.6) is 0 Å². The van der Waals surface area contributed by atoms with Crippen molar-refractivity contribution >= 4 is 23.5 Å². The third kappa shape index (κ3) is 1.90. The third-order valence-electron chi connectivity index (χ3n) is 1.30. The fourth-order valence-electron chi connectivity index (χ4n) is 0.702. The minimum absolute atomic E-state index is 0.968. The highest BCUT2D eigenvalue weighted by molar-refractivity contribution is 8.32. The molecule has 0 aromatic rings. The molecule has 0 unspecified atom stereocenters. The lowest BCUT2D eigenvalue weighted by molar-refractivity contribution is 0.761. The van der Waals surface area contributed by atoms with E-state index >= 15 is 0 Å². The Morgan fingerprint density at radius 1 is 1.50 bits per heavy atom. The van der Waals surface area contributed by atoms with Gasteiger partial charge in [0.1, 0.15) is 0 Å². The fourth-order valence-corrected chi connectivity index (χ4v) is 2.68. The van der Waals surface area contributed by atoms with Gasteiger partial charge in [-0.25, -0.2) is 0 Å². The fraction of sp³-hybridized carbons (Fsp3) is 1.00. The van der Waals surface area contributed by atoms with Crippen LogP contribution < -0.4 is 0 Å². The third-order valence-corrected chi connectivity index (χ3v) is 4.42. The van der Waals surface area contributed by atoms with Gasteiger partial charge in [0.05, 0.1) is 4.58 Å². The average Bonchev–Trinajstić information content (AvgIpc) is 1.63. The zero-order valence-electron chi connectivity index (χ0n) is 5.22. The molecule has 0 aromatic carbocycles. The van der Waals surface area contributed by atoms with Crippen LogP contribution in [0.2, 0.25) is 0 Å². The maximum atomic E-state index is 2.26. The van der Waals surface area contributed by atoms with Crippen LogP contribution in [0, 0.1) is 0 Å². The molecule has 0 saturated carbocycles. The Bertz CT molecular complexity index is 59.5. The summed E-state index contributed by atoms with van der Waals surface area (Å²) in [6.07, 6.45) is 4.22. The van der Waals surface area contributed by atoms with E-state index in [1.54, 1.807) is 0 Å². The van der Waals surface area contributed by atoms with Crippen molar-refractivity contribution in [2.75, 3.05) is 5.08 Å². The van der Waals surface area contributed by atoms with Crippen molar-refractivity contribution in [2.45, 2.75) is 30.8 Å². The van der Waals surface area contributed by atoms with Gasteiger partial charge >= 0.3 is 0 Å². The predicted molar refractivity (Wildman–Crippen MR) is 43.4 cm³/mol. The minimum atomic E-state index is 0.968. The maximum absolute atomic E-state index is 2.26. The number of hydrogen-bond donors (Lipinski definition) is 0. The Morgan fingerprint density at radius 3 is 2.62 bits per heavy atom. The molecule has 1 fully saturated rings. The quantitative estimate of drug-likeness (QED) is 0.603. The van der Waals surface area contributed by atoms with Crippen LogP contribution >= 0.6 is 23.5 Å². The Balaban J connectivity index is 1.86. The van der Waals surface area contributed by atoms with E-state index in [-0.39, 0.29) is 0 Å². The van der Waals surface area contributed by atoms with E-state index in [9.17, 15) is 0 Å². The first-order valence-corrected chi connectivity index (χ1v) is 5.26. The molecule has 2 heteroatoms. The second kappa shape index (κ2) is 3.67. The van der Waals surface area contributed by atoms with Gasteiger partial charge in [0.15, 0.2) is 0 Å². The molecule has 1 saturated heterocycles. The zero-order valence-corrected chi connectivity index (χ0v) is 6.86. The van der Waals surface area contributed by atoms with E-state index in [1.807, 2.05) is 0 Å². The summed E-state index contributed by atoms with van der Waals surface area (Å²) < 4.78 is 0.968. The highest BCUT2D eigenvalue weighted by atomic mass is 32.3. The molecule has 0 atom stereocenters. The van der Waals surface area contributed by atoms with Crippen LogP contribution in [0.3, 0.4) is 0 Å². The summed E-state index contributed by atoms with van der Waals surface area (Å²) in [5, 5.41) is 1.34. The number of unbranched alkanes of at least 4 members (excludes halogenated alkanes) is 1. The molecule has 0 nitrogen and oxygen atoms in total. The minimum Gasteiger partial charge on any atom is -0.137 e. The molecule has 0 spiro atoms. The first kappa shape index (κ1) is 6.81. The Hall–Kier alpha value is 0.700. The summed E-state index contributed by atoms with van der Waals surface area (Å²) in [6, 6.07) is 0. The smallest absolute Gasteiger partial charge is 0.0519 e. The van der Waals surface area contributed by atoms with Gasteiger partial charge in [0, 0.05) is 5.08 Å². The van der Waals surface area contributed by atoms with Crippen LogP contribution in [0.4, 0.5) is 0 Å². The number of hydrogen-bond acceptors (Lipinski definition) is 2. The predicted octanol–water partition coefficient (Wildman–Crippen LogP) is 2.94. The summed E-state index contributed by atoms with van der Waals surface area (Å²) >= 11 is 4.22. The van der Waals surface area contributed by atoms with Crippen LogP contribution in [-0.2, 0) is 0 Å². The van der Waals surface area contributed by atoms with Crippen molar-refractivity contribution in [3.63, 3.8) is 0 Å². The largest absolute Gasteiger partial charge is 0.137 e. The molecule has 0 aliphatic carbocycles. The van der Waals surface area contributed by atoms with E-state index in [0.29, 0.717) is 0 Å². The number of rotatable bonds is 3. The first-order valence-electron chi connectivity index (χ1n) is 3.16. The second-order valence-corrected chi connectivity index (χ2v) is 5.07. The summed E-state index contributed by atoms with van der Waals surface area (Å²) in [5.41, 5.74) is 0. The molecular weight excluding hydrogens is 136 g/mol. The molecule has 1 aliphatic rings. The van der Waals surface area contributed by atoms with Gasteiger partial charge in [-0.1, -0.05) is 19.8 Å². The van der Waals surface area contributed by atoms with Crippen LogP contribution in [0.25, 0.3) is 0 Å². The summed E-state index contributed by atoms with van der Waals surface area (Å²) in [5.74, 6) is 0. The first-order chi connectivity index (χ1) is 3.93. The van der Waals surface area contributed by atoms with Crippen molar-refractivity contribution in [1.29, 1.82) is 0 Å². The SMILES string of the molecule is CCCCC1SCS1. The van der Waals surface area contributed by atoms with Crippen molar-refractivity contribution < 1.29 is 0 Å². The molecule has 0 radical (unpaired) electrons. The Labute approximate surface area is 59.8 Å². The van der Waals surface area contributed by atoms with E-state index < -0.39 is 0 Å². The van der Waals surface area contributed by atoms with Crippen LogP contribution in [0.15, 0.2) is 0 Å². The zero-order chi connectivity index (χ0) is 5.82. The molecular formula is C6H12S2. The van der Waals surface area contributed by atoms with Gasteiger partial charge in [0.25, 0.3) is 0 Å². The van der Waals surface area contributed by atoms with Crippen molar-refractivity contribution in [2.24, 2.45) is 0 Å². The molecule has 48 valence electrons. The monoisotopic (exact) mass is 148 g/mol. The molecule has 0 bridgehead atoms. The standard InChI is InChI=1S/C6H12S2/c1-2-3-4-6-7-5-8-6/h6H,2-5H2,1H3. The van der Waals surface area contributed by atoms with Gasteiger partial charge in [-0.3, -0.25) is 0 Å². The van der Waals surface area contributed by atoms with E-state index in [0.717, 1.165) is 4.58 Å². The molecule has 0 amide bonds. The number of thioether (sulfide) groups is 2. The van der Waals surface area contributed by atoms with E-state index in [2.05, 4.69) is 30.4 Å². The van der Waals surface area contributed by atoms with Crippen molar-refractivity contribution in [3.05, 3.63) is 0 Å². The average molecular weight is 148 g/mol. The lowest BCUT2D eigenvalue weighted by atomic mass is 10.3. The summed E-state index contributed by atoms with van der Waals surface area (Å²) in [4.78, 5) is 0. The molecule has 1 heterocycles. The molecule has 0 N–H and O–H groups in total. The molecule has 1 aliphatic heterocycles. The van der Waals surface area contributed by atoms with Gasteiger partial charge in [-0.15, -0.1) is 23.5 Å². The molecule has 0 aromatic heterocycles. The van der Waals surface area contributed by atoms with Crippen LogP contribution in [-0.4, -0.2) is 9.67 Å². The van der Waals surface area contributed by atoms with Crippen LogP contribution in [0.1, 0.15) is 26.2 Å². The molecule has 8 heavy (non-hydrogen) atoms. The lowest BCUT2D eigenvalue weighted by Gasteiger charge is -2.23. The van der Waals surface area contributed by atoms with Crippen molar-refractivity contribution in [1.82, 2.24) is 0 Å². The molecule has 1 rings (SSSR count). The van der Waals surface area contributed by atoms with Gasteiger partial charge < -0.3 is 0 Å². The lowest BCUT2D eigenvalue weighted by Crippen LogP contribution is -2.06. The van der Waals surface area contributed by atoms with Gasteiger partial charge in [-0.2, -0.15) is 0 Å². The van der Waals surface area contributed by atoms with Gasteiger partial charge in [0.2, 0.25) is 0 Å². The van der Waals surface area contributed by atoms with Crippen molar-refractivity contribution in [3.8, 4) is 0 Å². The maximum Gasteiger partial charge on any atom is 0.0519 e. The second-order valence-electron chi connectivity index (χ2n) is 2.02. The van der Waals surface area contributed by atoms with Gasteiger partial charge in [-0.05, 0) is 6.42 Å². The van der Waals surface area contributed by atoms with E-state index in [1.165, 1.54) is 24.3 Å². The Morgan fingerprint density at radius 2 is 2.25 bits per heavy atom.